The van der Waals surface area contributed by atoms with Crippen molar-refractivity contribution in [1.29, 1.82) is 5.26 Å². The molecule has 0 spiro atoms. The smallest absolute Gasteiger partial charge is 0.254 e. The third-order valence-electron chi connectivity index (χ3n) is 3.75. The minimum absolute atomic E-state index is 0.293. The second kappa shape index (κ2) is 7.97. The zero-order valence-corrected chi connectivity index (χ0v) is 14.5. The maximum absolute atomic E-state index is 11.2. The van der Waals surface area contributed by atoms with Crippen molar-refractivity contribution in [2.24, 2.45) is 5.10 Å². The number of aromatic carboxylic acids is 2. The maximum atomic E-state index is 11.2. The highest BCUT2D eigenvalue weighted by molar-refractivity contribution is 5.93. The van der Waals surface area contributed by atoms with Gasteiger partial charge in [-0.05, 0) is 49.2 Å². The van der Waals surface area contributed by atoms with E-state index in [4.69, 9.17) is 5.26 Å². The van der Waals surface area contributed by atoms with Crippen LogP contribution in [0.3, 0.4) is 0 Å². The van der Waals surface area contributed by atoms with Crippen LogP contribution >= 0.6 is 0 Å². The van der Waals surface area contributed by atoms with Gasteiger partial charge in [-0.15, -0.1) is 0 Å². The zero-order chi connectivity index (χ0) is 20.1. The van der Waals surface area contributed by atoms with Crippen LogP contribution in [-0.4, -0.2) is 28.6 Å². The summed E-state index contributed by atoms with van der Waals surface area (Å²) in [7, 11) is 0. The zero-order valence-electron chi connectivity index (χ0n) is 14.5. The van der Waals surface area contributed by atoms with Gasteiger partial charge in [0.25, 0.3) is 5.91 Å². The van der Waals surface area contributed by atoms with E-state index in [1.807, 2.05) is 0 Å². The molecule has 0 atom stereocenters. The van der Waals surface area contributed by atoms with Gasteiger partial charge in [-0.25, -0.2) is 5.43 Å². The Morgan fingerprint density at radius 2 is 1.74 bits per heavy atom. The Balaban J connectivity index is 2.46. The van der Waals surface area contributed by atoms with Crippen LogP contribution in [0.15, 0.2) is 29.4 Å². The fourth-order valence-electron chi connectivity index (χ4n) is 2.58. The number of aromatic nitrogens is 1. The van der Waals surface area contributed by atoms with Gasteiger partial charge in [0, 0.05) is 22.6 Å². The molecule has 0 saturated heterocycles. The van der Waals surface area contributed by atoms with Crippen LogP contribution in [0.4, 0.5) is 0 Å². The van der Waals surface area contributed by atoms with Crippen LogP contribution < -0.4 is 15.6 Å². The number of carboxylic acids is 2. The summed E-state index contributed by atoms with van der Waals surface area (Å²) in [5.41, 5.74) is 3.84. The number of hydrogen-bond acceptors (Lipinski definition) is 7. The molecule has 1 N–H and O–H groups in total. The lowest BCUT2D eigenvalue weighted by atomic mass is 10.1. The standard InChI is InChI=1S/C18H16N4O5/c1-10-5-14(9-20-21-16(23)3-4-19)11(2)22(10)15-7-12(17(24)25)6-13(8-15)18(26)27/h5-9H,3H2,1-2H3,(H,21,23)(H,24,25)(H,26,27)/p-2/b20-9-. The molecule has 0 saturated carbocycles. The highest BCUT2D eigenvalue weighted by Gasteiger charge is 2.12. The van der Waals surface area contributed by atoms with Crippen molar-refractivity contribution < 1.29 is 24.6 Å². The molecular formula is C18H14N4O5-2. The number of nitriles is 1. The van der Waals surface area contributed by atoms with Crippen molar-refractivity contribution in [3.8, 4) is 11.8 Å². The average Bonchev–Trinajstić information content (AvgIpc) is 2.88. The lowest BCUT2D eigenvalue weighted by molar-refractivity contribution is -0.255. The molecule has 2 aromatic rings. The minimum Gasteiger partial charge on any atom is -0.545 e. The predicted molar refractivity (Wildman–Crippen MR) is 89.9 cm³/mol. The number of aryl methyl sites for hydroxylation is 1. The van der Waals surface area contributed by atoms with Crippen LogP contribution in [0, 0.1) is 25.2 Å². The molecule has 2 rings (SSSR count). The predicted octanol–water partition coefficient (Wildman–Crippen LogP) is -0.815. The molecule has 0 bridgehead atoms. The molecular weight excluding hydrogens is 352 g/mol. The van der Waals surface area contributed by atoms with Crippen LogP contribution in [0.2, 0.25) is 0 Å². The Morgan fingerprint density at radius 1 is 1.15 bits per heavy atom. The summed E-state index contributed by atoms with van der Waals surface area (Å²) in [5.74, 6) is -3.57. The topological polar surface area (TPSA) is 150 Å². The Morgan fingerprint density at radius 3 is 2.26 bits per heavy atom. The molecule has 138 valence electrons. The highest BCUT2D eigenvalue weighted by atomic mass is 16.4. The lowest BCUT2D eigenvalue weighted by Gasteiger charge is -2.15. The van der Waals surface area contributed by atoms with E-state index in [2.05, 4.69) is 10.5 Å². The molecule has 0 aliphatic rings. The third-order valence-corrected chi connectivity index (χ3v) is 3.75. The Labute approximate surface area is 154 Å². The van der Waals surface area contributed by atoms with Gasteiger partial charge in [0.1, 0.15) is 6.42 Å². The van der Waals surface area contributed by atoms with Gasteiger partial charge in [0.15, 0.2) is 0 Å². The van der Waals surface area contributed by atoms with Crippen molar-refractivity contribution in [1.82, 2.24) is 9.99 Å². The lowest BCUT2D eigenvalue weighted by Crippen LogP contribution is -2.26. The first-order valence-electron chi connectivity index (χ1n) is 7.70. The van der Waals surface area contributed by atoms with Gasteiger partial charge in [-0.3, -0.25) is 4.79 Å². The van der Waals surface area contributed by atoms with Crippen molar-refractivity contribution in [3.63, 3.8) is 0 Å². The van der Waals surface area contributed by atoms with E-state index in [1.165, 1.54) is 18.3 Å². The Bertz CT molecular complexity index is 966. The average molecular weight is 366 g/mol. The molecule has 0 fully saturated rings. The third kappa shape index (κ3) is 4.38. The molecule has 1 amide bonds. The van der Waals surface area contributed by atoms with Crippen molar-refractivity contribution in [2.45, 2.75) is 20.3 Å². The minimum atomic E-state index is -1.51. The number of hydrogen-bond donors (Lipinski definition) is 1. The number of nitrogens with zero attached hydrogens (tertiary/aromatic N) is 3. The van der Waals surface area contributed by atoms with E-state index in [0.717, 1.165) is 6.07 Å². The quantitative estimate of drug-likeness (QED) is 0.521. The first-order chi connectivity index (χ1) is 12.7. The summed E-state index contributed by atoms with van der Waals surface area (Å²) < 4.78 is 1.64. The fourth-order valence-corrected chi connectivity index (χ4v) is 2.58. The second-order valence-corrected chi connectivity index (χ2v) is 5.63. The molecule has 27 heavy (non-hydrogen) atoms. The maximum Gasteiger partial charge on any atom is 0.254 e. The largest absolute Gasteiger partial charge is 0.545 e. The van der Waals surface area contributed by atoms with Gasteiger partial charge >= 0.3 is 0 Å². The van der Waals surface area contributed by atoms with Crippen molar-refractivity contribution in [3.05, 3.63) is 52.3 Å². The van der Waals surface area contributed by atoms with Crippen LogP contribution in [0.1, 0.15) is 44.1 Å². The number of hydrazone groups is 1. The monoisotopic (exact) mass is 366 g/mol. The van der Waals surface area contributed by atoms with E-state index >= 15 is 0 Å². The molecule has 1 heterocycles. The van der Waals surface area contributed by atoms with E-state index in [0.29, 0.717) is 22.6 Å². The molecule has 1 aromatic heterocycles. The van der Waals surface area contributed by atoms with Gasteiger partial charge in [-0.1, -0.05) is 0 Å². The number of carbonyl (C=O) groups excluding carboxylic acids is 3. The number of amides is 1. The Kier molecular flexibility index (Phi) is 5.72. The normalized spacial score (nSPS) is 10.6. The number of carbonyl (C=O) groups is 3. The molecule has 9 heteroatoms. The van der Waals surface area contributed by atoms with E-state index in [9.17, 15) is 24.6 Å². The van der Waals surface area contributed by atoms with Gasteiger partial charge in [0.05, 0.1) is 24.2 Å². The molecule has 0 aliphatic carbocycles. The molecule has 9 nitrogen and oxygen atoms in total. The first-order valence-corrected chi connectivity index (χ1v) is 7.70. The van der Waals surface area contributed by atoms with Crippen molar-refractivity contribution >= 4 is 24.1 Å². The molecule has 0 aliphatic heterocycles. The number of carboxylic acid groups (broad SMARTS) is 2. The van der Waals surface area contributed by atoms with E-state index in [1.54, 1.807) is 30.6 Å². The Hall–Kier alpha value is -3.93. The summed E-state index contributed by atoms with van der Waals surface area (Å²) in [4.78, 5) is 33.6. The number of rotatable bonds is 6. The first kappa shape index (κ1) is 19.4. The van der Waals surface area contributed by atoms with Crippen molar-refractivity contribution in [2.75, 3.05) is 0 Å². The SMILES string of the molecule is Cc1cc(/C=N\NC(=O)CC#N)c(C)n1-c1cc(C(=O)[O-])cc(C(=O)[O-])c1. The van der Waals surface area contributed by atoms with Crippen LogP contribution in [0.5, 0.6) is 0 Å². The van der Waals surface area contributed by atoms with Crippen LogP contribution in [-0.2, 0) is 4.79 Å². The van der Waals surface area contributed by atoms with Crippen LogP contribution in [0.25, 0.3) is 5.69 Å². The van der Waals surface area contributed by atoms with Gasteiger partial charge in [-0.2, -0.15) is 10.4 Å². The summed E-state index contributed by atoms with van der Waals surface area (Å²) in [6, 6.07) is 6.96. The second-order valence-electron chi connectivity index (χ2n) is 5.63. The number of benzene rings is 1. The highest BCUT2D eigenvalue weighted by Crippen LogP contribution is 2.22. The summed E-state index contributed by atoms with van der Waals surface area (Å²) in [6.07, 6.45) is 1.05. The van der Waals surface area contributed by atoms with Gasteiger partial charge in [0.2, 0.25) is 0 Å². The van der Waals surface area contributed by atoms with Gasteiger partial charge < -0.3 is 24.4 Å². The fraction of sp³-hybridized carbons (Fsp3) is 0.167. The molecule has 0 unspecified atom stereocenters. The summed E-state index contributed by atoms with van der Waals surface area (Å²) in [6.45, 7) is 3.46. The number of nitrogens with one attached hydrogen (secondary N) is 1. The molecule has 0 radical (unpaired) electrons. The molecule has 1 aromatic carbocycles. The van der Waals surface area contributed by atoms with E-state index < -0.39 is 17.8 Å². The van der Waals surface area contributed by atoms with E-state index in [-0.39, 0.29) is 17.5 Å². The summed E-state index contributed by atoms with van der Waals surface area (Å²) in [5, 5.41) is 34.5. The summed E-state index contributed by atoms with van der Waals surface area (Å²) >= 11 is 0.